The van der Waals surface area contributed by atoms with Crippen LogP contribution in [0.5, 0.6) is 0 Å². The lowest BCUT2D eigenvalue weighted by molar-refractivity contribution is 1.13. The molecule has 0 unspecified atom stereocenters. The lowest BCUT2D eigenvalue weighted by Crippen LogP contribution is -2.10. The van der Waals surface area contributed by atoms with E-state index in [0.717, 1.165) is 33.2 Å². The Hall–Kier alpha value is -2.98. The number of hydrogen-bond acceptors (Lipinski definition) is 4. The zero-order chi connectivity index (χ0) is 19.1. The Morgan fingerprint density at radius 3 is 2.07 bits per heavy atom. The normalized spacial score (nSPS) is 10.7. The number of anilines is 3. The zero-order valence-electron chi connectivity index (χ0n) is 16.6. The second kappa shape index (κ2) is 7.56. The van der Waals surface area contributed by atoms with Gasteiger partial charge in [-0.15, -0.1) is 12.4 Å². The second-order valence-electron chi connectivity index (χ2n) is 7.27. The molecule has 0 atom stereocenters. The molecule has 3 aromatic carbocycles. The summed E-state index contributed by atoms with van der Waals surface area (Å²) in [5.74, 6) is 0. The van der Waals surface area contributed by atoms with Crippen molar-refractivity contribution < 1.29 is 0 Å². The second-order valence-corrected chi connectivity index (χ2v) is 7.27. The molecule has 0 aliphatic carbocycles. The fourth-order valence-corrected chi connectivity index (χ4v) is 3.59. The van der Waals surface area contributed by atoms with Crippen LogP contribution in [0.4, 0.5) is 17.1 Å². The molecular weight excluding hydrogens is 368 g/mol. The maximum atomic E-state index is 6.06. The maximum absolute atomic E-state index is 6.06. The van der Waals surface area contributed by atoms with Crippen LogP contribution in [-0.4, -0.2) is 33.2 Å². The first-order valence-electron chi connectivity index (χ1n) is 9.03. The number of aromatic nitrogens is 1. The molecule has 4 rings (SSSR count). The van der Waals surface area contributed by atoms with Gasteiger partial charge in [-0.3, -0.25) is 0 Å². The molecule has 0 bridgehead atoms. The van der Waals surface area contributed by atoms with Crippen molar-refractivity contribution in [3.8, 4) is 11.1 Å². The van der Waals surface area contributed by atoms with Gasteiger partial charge in [-0.1, -0.05) is 30.3 Å². The summed E-state index contributed by atoms with van der Waals surface area (Å²) in [6, 6.07) is 20.9. The van der Waals surface area contributed by atoms with Crippen LogP contribution >= 0.6 is 12.4 Å². The van der Waals surface area contributed by atoms with Crippen LogP contribution in [0, 0.1) is 0 Å². The maximum Gasteiger partial charge on any atom is 0.0736 e. The molecule has 0 aliphatic rings. The monoisotopic (exact) mass is 392 g/mol. The largest absolute Gasteiger partial charge is 0.399 e. The summed E-state index contributed by atoms with van der Waals surface area (Å²) in [7, 11) is 8.24. The number of benzene rings is 3. The average molecular weight is 393 g/mol. The van der Waals surface area contributed by atoms with E-state index in [0.29, 0.717) is 0 Å². The summed E-state index contributed by atoms with van der Waals surface area (Å²) < 4.78 is 0. The third kappa shape index (κ3) is 3.32. The Morgan fingerprint density at radius 1 is 0.750 bits per heavy atom. The number of para-hydroxylation sites is 1. The van der Waals surface area contributed by atoms with Crippen LogP contribution in [0.2, 0.25) is 0 Å². The number of halogens is 1. The molecule has 28 heavy (non-hydrogen) atoms. The molecule has 0 fully saturated rings. The number of hydrogen-bond donors (Lipinski definition) is 1. The van der Waals surface area contributed by atoms with Gasteiger partial charge >= 0.3 is 0 Å². The Kier molecular flexibility index (Phi) is 5.34. The highest BCUT2D eigenvalue weighted by Gasteiger charge is 2.16. The minimum absolute atomic E-state index is 0. The van der Waals surface area contributed by atoms with E-state index in [1.165, 1.54) is 16.8 Å². The fourth-order valence-electron chi connectivity index (χ4n) is 3.59. The smallest absolute Gasteiger partial charge is 0.0736 e. The van der Waals surface area contributed by atoms with Gasteiger partial charge in [0, 0.05) is 67.2 Å². The summed E-state index contributed by atoms with van der Waals surface area (Å²) in [6.07, 6.45) is 0. The molecule has 0 spiro atoms. The molecule has 1 aromatic heterocycles. The van der Waals surface area contributed by atoms with Gasteiger partial charge in [-0.2, -0.15) is 0 Å². The molecule has 2 N–H and O–H groups in total. The molecule has 1 heterocycles. The average Bonchev–Trinajstić information content (AvgIpc) is 2.65. The number of nitrogens with zero attached hydrogens (tertiary/aromatic N) is 3. The number of rotatable bonds is 3. The van der Waals surface area contributed by atoms with E-state index in [2.05, 4.69) is 72.4 Å². The number of nitrogens with two attached hydrogens (primary N) is 1. The van der Waals surface area contributed by atoms with Crippen LogP contribution in [0.25, 0.3) is 32.9 Å². The highest BCUT2D eigenvalue weighted by molar-refractivity contribution is 6.12. The third-order valence-corrected chi connectivity index (χ3v) is 4.95. The summed E-state index contributed by atoms with van der Waals surface area (Å²) in [4.78, 5) is 9.17. The van der Waals surface area contributed by atoms with Gasteiger partial charge in [0.15, 0.2) is 0 Å². The van der Waals surface area contributed by atoms with Gasteiger partial charge in [0.05, 0.1) is 11.0 Å². The lowest BCUT2D eigenvalue weighted by Gasteiger charge is -2.21. The van der Waals surface area contributed by atoms with Gasteiger partial charge in [0.1, 0.15) is 0 Å². The molecule has 0 saturated carbocycles. The summed E-state index contributed by atoms with van der Waals surface area (Å²) >= 11 is 0. The first kappa shape index (κ1) is 19.8. The van der Waals surface area contributed by atoms with Gasteiger partial charge in [0.2, 0.25) is 0 Å². The summed E-state index contributed by atoms with van der Waals surface area (Å²) in [6.45, 7) is 0. The van der Waals surface area contributed by atoms with Crippen molar-refractivity contribution in [3.05, 3.63) is 60.7 Å². The van der Waals surface area contributed by atoms with Crippen LogP contribution in [-0.2, 0) is 0 Å². The molecule has 4 aromatic rings. The number of nitrogen functional groups attached to an aromatic ring is 1. The van der Waals surface area contributed by atoms with Crippen molar-refractivity contribution in [1.82, 2.24) is 4.98 Å². The summed E-state index contributed by atoms with van der Waals surface area (Å²) in [5.41, 5.74) is 13.4. The van der Waals surface area contributed by atoms with E-state index in [9.17, 15) is 0 Å². The molecule has 0 radical (unpaired) electrons. The number of pyridine rings is 1. The minimum Gasteiger partial charge on any atom is -0.399 e. The van der Waals surface area contributed by atoms with E-state index in [1.807, 2.05) is 26.2 Å². The van der Waals surface area contributed by atoms with Crippen molar-refractivity contribution in [2.75, 3.05) is 43.7 Å². The third-order valence-electron chi connectivity index (χ3n) is 4.95. The van der Waals surface area contributed by atoms with Crippen LogP contribution in [0.1, 0.15) is 0 Å². The van der Waals surface area contributed by atoms with Crippen molar-refractivity contribution in [3.63, 3.8) is 0 Å². The highest BCUT2D eigenvalue weighted by atomic mass is 35.5. The van der Waals surface area contributed by atoms with Crippen LogP contribution in [0.15, 0.2) is 60.7 Å². The summed E-state index contributed by atoms with van der Waals surface area (Å²) in [5, 5.41) is 2.26. The first-order valence-corrected chi connectivity index (χ1v) is 9.03. The Morgan fingerprint density at radius 2 is 1.39 bits per heavy atom. The molecule has 4 nitrogen and oxygen atoms in total. The van der Waals surface area contributed by atoms with Crippen molar-refractivity contribution in [2.24, 2.45) is 0 Å². The highest BCUT2D eigenvalue weighted by Crippen LogP contribution is 2.40. The molecule has 144 valence electrons. The lowest BCUT2D eigenvalue weighted by atomic mass is 9.94. The van der Waals surface area contributed by atoms with Gasteiger partial charge in [0.25, 0.3) is 0 Å². The van der Waals surface area contributed by atoms with Crippen molar-refractivity contribution in [1.29, 1.82) is 0 Å². The predicted molar refractivity (Wildman–Crippen MR) is 125 cm³/mol. The van der Waals surface area contributed by atoms with E-state index in [4.69, 9.17) is 10.7 Å². The van der Waals surface area contributed by atoms with E-state index in [-0.39, 0.29) is 12.4 Å². The first-order chi connectivity index (χ1) is 13.0. The van der Waals surface area contributed by atoms with Crippen LogP contribution < -0.4 is 15.5 Å². The van der Waals surface area contributed by atoms with E-state index in [1.54, 1.807) is 0 Å². The molecule has 0 saturated heterocycles. The Labute approximate surface area is 172 Å². The van der Waals surface area contributed by atoms with Gasteiger partial charge < -0.3 is 15.5 Å². The standard InChI is InChI=1S/C23H24N4.ClH/c1-26(2)16-10-12-18-21(14-16)25-20-13-15(24)9-11-17(20)23(18)19-7-5-6-8-22(19)27(3)4;/h5-14H,24H2,1-4H3;1H. The quantitative estimate of drug-likeness (QED) is 0.385. The van der Waals surface area contributed by atoms with E-state index < -0.39 is 0 Å². The van der Waals surface area contributed by atoms with Gasteiger partial charge in [-0.25, -0.2) is 4.98 Å². The fraction of sp³-hybridized carbons (Fsp3) is 0.174. The Bertz CT molecular complexity index is 1150. The number of fused-ring (bicyclic) bond motifs is 2. The van der Waals surface area contributed by atoms with Crippen molar-refractivity contribution >= 4 is 51.3 Å². The predicted octanol–water partition coefficient (Wildman–Crippen LogP) is 5.19. The Balaban J connectivity index is 0.00000225. The molecule has 0 amide bonds. The molecule has 0 aliphatic heterocycles. The van der Waals surface area contributed by atoms with Crippen molar-refractivity contribution in [2.45, 2.75) is 0 Å². The molecular formula is C23H25ClN4. The minimum atomic E-state index is 0. The zero-order valence-corrected chi connectivity index (χ0v) is 17.4. The SMILES string of the molecule is CN(C)c1ccc2c(-c3ccccc3N(C)C)c3ccc(N)cc3nc2c1.Cl. The molecule has 5 heteroatoms. The van der Waals surface area contributed by atoms with E-state index >= 15 is 0 Å². The van der Waals surface area contributed by atoms with Crippen LogP contribution in [0.3, 0.4) is 0 Å². The topological polar surface area (TPSA) is 45.4 Å². The van der Waals surface area contributed by atoms with Gasteiger partial charge in [-0.05, 0) is 30.3 Å².